The van der Waals surface area contributed by atoms with Gasteiger partial charge in [-0.15, -0.1) is 10.2 Å². The molecule has 0 bridgehead atoms. The molecule has 5 rings (SSSR count). The summed E-state index contributed by atoms with van der Waals surface area (Å²) in [5, 5.41) is 8.58. The quantitative estimate of drug-likeness (QED) is 0.621. The van der Waals surface area contributed by atoms with Gasteiger partial charge in [0.15, 0.2) is 0 Å². The molecular weight excluding hydrogens is 386 g/mol. The predicted octanol–water partition coefficient (Wildman–Crippen LogP) is 2.88. The first kappa shape index (κ1) is 19.9. The maximum atomic E-state index is 12.9. The number of carbonyl (C=O) groups excluding carboxylic acids is 1. The molecule has 1 amide bonds. The van der Waals surface area contributed by atoms with Gasteiger partial charge < -0.3 is 9.47 Å². The Labute approximate surface area is 183 Å². The number of hydrogen-bond acceptors (Lipinski definition) is 4. The zero-order valence-electron chi connectivity index (χ0n) is 18.0. The summed E-state index contributed by atoms with van der Waals surface area (Å²) >= 11 is 0. The van der Waals surface area contributed by atoms with Gasteiger partial charge in [0.1, 0.15) is 12.2 Å². The molecule has 31 heavy (non-hydrogen) atoms. The zero-order chi connectivity index (χ0) is 21.3. The van der Waals surface area contributed by atoms with Crippen molar-refractivity contribution in [1.29, 1.82) is 0 Å². The molecule has 0 aliphatic carbocycles. The third-order valence-corrected chi connectivity index (χ3v) is 6.86. The lowest BCUT2D eigenvalue weighted by Crippen LogP contribution is -2.61. The fraction of sp³-hybridized carbons (Fsp3) is 0.400. The van der Waals surface area contributed by atoms with E-state index in [2.05, 4.69) is 57.6 Å². The zero-order valence-corrected chi connectivity index (χ0v) is 18.0. The van der Waals surface area contributed by atoms with Crippen LogP contribution in [-0.2, 0) is 24.8 Å². The van der Waals surface area contributed by atoms with Crippen LogP contribution in [0.4, 0.5) is 0 Å². The molecule has 1 unspecified atom stereocenters. The molecule has 0 saturated carbocycles. The van der Waals surface area contributed by atoms with Gasteiger partial charge in [-0.3, -0.25) is 9.69 Å². The highest BCUT2D eigenvalue weighted by Crippen LogP contribution is 2.49. The van der Waals surface area contributed by atoms with Crippen LogP contribution in [0.2, 0.25) is 0 Å². The van der Waals surface area contributed by atoms with E-state index in [1.54, 1.807) is 6.33 Å². The van der Waals surface area contributed by atoms with Crippen molar-refractivity contribution in [3.63, 3.8) is 0 Å². The number of aryl methyl sites for hydroxylation is 2. The minimum atomic E-state index is 0.0674. The normalized spacial score (nSPS) is 20.2. The van der Waals surface area contributed by atoms with Gasteiger partial charge in [-0.1, -0.05) is 60.7 Å². The molecule has 2 aliphatic heterocycles. The molecule has 3 aromatic rings. The van der Waals surface area contributed by atoms with Gasteiger partial charge in [0.25, 0.3) is 0 Å². The molecule has 3 heterocycles. The Balaban J connectivity index is 1.27. The fourth-order valence-electron chi connectivity index (χ4n) is 5.26. The minimum Gasteiger partial charge on any atom is -0.341 e. The summed E-state index contributed by atoms with van der Waals surface area (Å²) in [5.74, 6) is 1.58. The van der Waals surface area contributed by atoms with Crippen LogP contribution in [0.3, 0.4) is 0 Å². The second-order valence-electron chi connectivity index (χ2n) is 9.11. The van der Waals surface area contributed by atoms with Crippen LogP contribution in [0.5, 0.6) is 0 Å². The molecule has 1 spiro atoms. The maximum Gasteiger partial charge on any atom is 0.222 e. The Bertz CT molecular complexity index is 1030. The van der Waals surface area contributed by atoms with Gasteiger partial charge in [-0.05, 0) is 17.5 Å². The maximum absolute atomic E-state index is 12.9. The molecule has 6 heteroatoms. The Morgan fingerprint density at radius 2 is 1.68 bits per heavy atom. The molecule has 2 saturated heterocycles. The minimum absolute atomic E-state index is 0.0674. The van der Waals surface area contributed by atoms with E-state index in [0.29, 0.717) is 12.3 Å². The largest absolute Gasteiger partial charge is 0.341 e. The van der Waals surface area contributed by atoms with E-state index in [4.69, 9.17) is 0 Å². The van der Waals surface area contributed by atoms with E-state index in [9.17, 15) is 4.79 Å². The van der Waals surface area contributed by atoms with Crippen LogP contribution >= 0.6 is 0 Å². The first-order valence-electron chi connectivity index (χ1n) is 11.0. The van der Waals surface area contributed by atoms with Crippen molar-refractivity contribution in [3.8, 4) is 0 Å². The number of nitrogens with zero attached hydrogens (tertiary/aromatic N) is 5. The number of carbonyl (C=O) groups is 1. The first-order chi connectivity index (χ1) is 15.1. The molecule has 2 aromatic carbocycles. The van der Waals surface area contributed by atoms with Gasteiger partial charge in [-0.2, -0.15) is 0 Å². The average Bonchev–Trinajstić information content (AvgIpc) is 3.35. The van der Waals surface area contributed by atoms with Crippen molar-refractivity contribution < 1.29 is 4.79 Å². The first-order valence-corrected chi connectivity index (χ1v) is 11.0. The van der Waals surface area contributed by atoms with E-state index in [1.807, 2.05) is 34.7 Å². The molecule has 1 atom stereocenters. The summed E-state index contributed by atoms with van der Waals surface area (Å²) in [7, 11) is 2.02. The van der Waals surface area contributed by atoms with Crippen molar-refractivity contribution in [2.24, 2.45) is 12.5 Å². The smallest absolute Gasteiger partial charge is 0.222 e. The van der Waals surface area contributed by atoms with E-state index < -0.39 is 0 Å². The summed E-state index contributed by atoms with van der Waals surface area (Å²) < 4.78 is 2.04. The number of benzene rings is 2. The molecule has 2 fully saturated rings. The fourth-order valence-corrected chi connectivity index (χ4v) is 5.26. The summed E-state index contributed by atoms with van der Waals surface area (Å²) in [5.41, 5.74) is 2.61. The van der Waals surface area contributed by atoms with Crippen molar-refractivity contribution >= 4 is 5.91 Å². The summed E-state index contributed by atoms with van der Waals surface area (Å²) in [6, 6.07) is 20.9. The second kappa shape index (κ2) is 8.27. The summed E-state index contributed by atoms with van der Waals surface area (Å²) in [6.45, 7) is 4.49. The Morgan fingerprint density at radius 1 is 1.00 bits per heavy atom. The predicted molar refractivity (Wildman–Crippen MR) is 119 cm³/mol. The van der Waals surface area contributed by atoms with Crippen molar-refractivity contribution in [3.05, 3.63) is 83.9 Å². The lowest BCUT2D eigenvalue weighted by Gasteiger charge is -2.51. The lowest BCUT2D eigenvalue weighted by molar-refractivity contribution is -0.143. The highest BCUT2D eigenvalue weighted by Gasteiger charge is 2.56. The standard InChI is InChI=1S/C25H29N5O/c1-28-19-26-27-24(28)22-15-29(14-21-10-6-3-7-11-21)16-25(22)17-30(18-25)23(31)13-12-20-8-4-2-5-9-20/h2-11,19,22H,12-18H2,1H3. The van der Waals surface area contributed by atoms with Gasteiger partial charge in [0, 0.05) is 57.5 Å². The van der Waals surface area contributed by atoms with Gasteiger partial charge in [0.2, 0.25) is 5.91 Å². The Morgan fingerprint density at radius 3 is 2.32 bits per heavy atom. The van der Waals surface area contributed by atoms with Crippen LogP contribution in [-0.4, -0.2) is 56.7 Å². The van der Waals surface area contributed by atoms with Crippen LogP contribution in [0, 0.1) is 5.41 Å². The number of rotatable bonds is 6. The van der Waals surface area contributed by atoms with Crippen LogP contribution in [0.25, 0.3) is 0 Å². The van der Waals surface area contributed by atoms with Crippen LogP contribution in [0.15, 0.2) is 67.0 Å². The molecular formula is C25H29N5O. The van der Waals surface area contributed by atoms with E-state index in [1.165, 1.54) is 11.1 Å². The summed E-state index contributed by atoms with van der Waals surface area (Å²) in [6.07, 6.45) is 3.16. The molecule has 0 radical (unpaired) electrons. The molecule has 6 nitrogen and oxygen atoms in total. The van der Waals surface area contributed by atoms with Crippen molar-refractivity contribution in [2.75, 3.05) is 26.2 Å². The van der Waals surface area contributed by atoms with E-state index in [-0.39, 0.29) is 11.3 Å². The van der Waals surface area contributed by atoms with Gasteiger partial charge in [-0.25, -0.2) is 0 Å². The topological polar surface area (TPSA) is 54.3 Å². The third kappa shape index (κ3) is 4.00. The van der Waals surface area contributed by atoms with Crippen LogP contribution < -0.4 is 0 Å². The van der Waals surface area contributed by atoms with Gasteiger partial charge in [0.05, 0.1) is 0 Å². The third-order valence-electron chi connectivity index (χ3n) is 6.86. The number of aromatic nitrogens is 3. The monoisotopic (exact) mass is 415 g/mol. The number of likely N-dealkylation sites (tertiary alicyclic amines) is 2. The number of hydrogen-bond donors (Lipinski definition) is 0. The van der Waals surface area contributed by atoms with Crippen molar-refractivity contribution in [1.82, 2.24) is 24.6 Å². The highest BCUT2D eigenvalue weighted by molar-refractivity contribution is 5.77. The molecule has 160 valence electrons. The SMILES string of the molecule is Cn1cnnc1C1CN(Cc2ccccc2)CC12CN(C(=O)CCc1ccccc1)C2. The molecule has 0 N–H and O–H groups in total. The second-order valence-corrected chi connectivity index (χ2v) is 9.11. The number of amides is 1. The molecule has 1 aromatic heterocycles. The lowest BCUT2D eigenvalue weighted by atomic mass is 9.71. The van der Waals surface area contributed by atoms with Crippen molar-refractivity contribution in [2.45, 2.75) is 25.3 Å². The Kier molecular flexibility index (Phi) is 5.32. The van der Waals surface area contributed by atoms with Crippen LogP contribution in [0.1, 0.15) is 29.3 Å². The van der Waals surface area contributed by atoms with E-state index in [0.717, 1.165) is 45.0 Å². The van der Waals surface area contributed by atoms with E-state index >= 15 is 0 Å². The Hall–Kier alpha value is -2.99. The van der Waals surface area contributed by atoms with Gasteiger partial charge >= 0.3 is 0 Å². The molecule has 2 aliphatic rings. The summed E-state index contributed by atoms with van der Waals surface area (Å²) in [4.78, 5) is 17.4. The average molecular weight is 416 g/mol. The highest BCUT2D eigenvalue weighted by atomic mass is 16.2.